The van der Waals surface area contributed by atoms with Crippen LogP contribution in [0.5, 0.6) is 11.5 Å². The van der Waals surface area contributed by atoms with Crippen molar-refractivity contribution in [2.45, 2.75) is 6.92 Å². The Morgan fingerprint density at radius 1 is 0.897 bits per heavy atom. The normalized spacial score (nSPS) is 10.5. The lowest BCUT2D eigenvalue weighted by atomic mass is 10.1. The molecule has 0 unspecified atom stereocenters. The van der Waals surface area contributed by atoms with Crippen LogP contribution in [0.3, 0.4) is 0 Å². The van der Waals surface area contributed by atoms with Crippen molar-refractivity contribution in [2.75, 3.05) is 24.9 Å². The molecule has 2 N–H and O–H groups in total. The Morgan fingerprint density at radius 3 is 2.00 bits per heavy atom. The summed E-state index contributed by atoms with van der Waals surface area (Å²) in [6, 6.07) is 5.02. The monoisotopic (exact) mass is 398 g/mol. The van der Waals surface area contributed by atoms with Gasteiger partial charge < -0.3 is 20.1 Å². The second-order valence-corrected chi connectivity index (χ2v) is 6.24. The van der Waals surface area contributed by atoms with E-state index in [1.54, 1.807) is 43.2 Å². The predicted molar refractivity (Wildman–Crippen MR) is 107 cm³/mol. The fraction of sp³-hybridized carbons (Fsp3) is 0.263. The Bertz CT molecular complexity index is 1050. The SMILES string of the molecule is COc1cccc(OC)c1C(=O)Nc1cnn(C)c1C(=O)Nc1cnn(C)c1C. The molecule has 152 valence electrons. The van der Waals surface area contributed by atoms with E-state index in [1.807, 2.05) is 6.92 Å². The molecule has 0 spiro atoms. The van der Waals surface area contributed by atoms with E-state index >= 15 is 0 Å². The highest BCUT2D eigenvalue weighted by Gasteiger charge is 2.23. The van der Waals surface area contributed by atoms with Gasteiger partial charge in [-0.25, -0.2) is 0 Å². The number of carbonyl (C=O) groups is 2. The van der Waals surface area contributed by atoms with Crippen molar-refractivity contribution in [2.24, 2.45) is 14.1 Å². The second-order valence-electron chi connectivity index (χ2n) is 6.24. The molecule has 0 saturated carbocycles. The molecule has 0 radical (unpaired) electrons. The highest BCUT2D eigenvalue weighted by Crippen LogP contribution is 2.29. The number of hydrogen-bond acceptors (Lipinski definition) is 6. The van der Waals surface area contributed by atoms with E-state index in [0.29, 0.717) is 17.2 Å². The summed E-state index contributed by atoms with van der Waals surface area (Å²) in [5, 5.41) is 13.7. The van der Waals surface area contributed by atoms with Gasteiger partial charge in [0.15, 0.2) is 0 Å². The maximum Gasteiger partial charge on any atom is 0.276 e. The first-order chi connectivity index (χ1) is 13.9. The Kier molecular flexibility index (Phi) is 5.53. The van der Waals surface area contributed by atoms with E-state index in [2.05, 4.69) is 20.8 Å². The van der Waals surface area contributed by atoms with Crippen molar-refractivity contribution in [3.63, 3.8) is 0 Å². The fourth-order valence-corrected chi connectivity index (χ4v) is 2.86. The minimum atomic E-state index is -0.487. The summed E-state index contributed by atoms with van der Waals surface area (Å²) in [5.74, 6) is -0.215. The van der Waals surface area contributed by atoms with Crippen LogP contribution in [0.25, 0.3) is 0 Å². The van der Waals surface area contributed by atoms with Crippen molar-refractivity contribution in [3.8, 4) is 11.5 Å². The highest BCUT2D eigenvalue weighted by atomic mass is 16.5. The van der Waals surface area contributed by atoms with E-state index in [4.69, 9.17) is 9.47 Å². The fourth-order valence-electron chi connectivity index (χ4n) is 2.86. The molecule has 3 rings (SSSR count). The van der Waals surface area contributed by atoms with Gasteiger partial charge in [0.2, 0.25) is 0 Å². The summed E-state index contributed by atoms with van der Waals surface area (Å²) in [6.45, 7) is 1.84. The third kappa shape index (κ3) is 3.77. The van der Waals surface area contributed by atoms with Crippen molar-refractivity contribution in [1.29, 1.82) is 0 Å². The lowest BCUT2D eigenvalue weighted by Crippen LogP contribution is -2.21. The maximum atomic E-state index is 12.9. The molecular formula is C19H22N6O4. The minimum absolute atomic E-state index is 0.190. The van der Waals surface area contributed by atoms with Gasteiger partial charge in [0, 0.05) is 14.1 Å². The molecule has 0 atom stereocenters. The summed E-state index contributed by atoms with van der Waals surface area (Å²) < 4.78 is 13.6. The third-order valence-corrected chi connectivity index (χ3v) is 4.54. The number of aryl methyl sites for hydroxylation is 2. The maximum absolute atomic E-state index is 12.9. The molecule has 0 aliphatic rings. The molecule has 2 amide bonds. The quantitative estimate of drug-likeness (QED) is 0.657. The zero-order chi connectivity index (χ0) is 21.1. The molecule has 0 aliphatic carbocycles. The summed E-state index contributed by atoms with van der Waals surface area (Å²) in [4.78, 5) is 25.8. The first kappa shape index (κ1) is 19.9. The Labute approximate surface area is 167 Å². The number of nitrogens with one attached hydrogen (secondary N) is 2. The molecule has 10 heteroatoms. The molecule has 0 saturated heterocycles. The molecule has 1 aromatic carbocycles. The molecule has 0 fully saturated rings. The number of amides is 2. The first-order valence-corrected chi connectivity index (χ1v) is 8.71. The number of carbonyl (C=O) groups excluding carboxylic acids is 2. The average molecular weight is 398 g/mol. The lowest BCUT2D eigenvalue weighted by Gasteiger charge is -2.13. The number of methoxy groups -OCH3 is 2. The van der Waals surface area contributed by atoms with Crippen LogP contribution in [0.4, 0.5) is 11.4 Å². The van der Waals surface area contributed by atoms with E-state index in [0.717, 1.165) is 5.69 Å². The Hall–Kier alpha value is -3.82. The zero-order valence-corrected chi connectivity index (χ0v) is 16.8. The summed E-state index contributed by atoms with van der Waals surface area (Å²) in [6.07, 6.45) is 2.96. The molecule has 29 heavy (non-hydrogen) atoms. The van der Waals surface area contributed by atoms with Gasteiger partial charge in [0.25, 0.3) is 11.8 Å². The smallest absolute Gasteiger partial charge is 0.276 e. The van der Waals surface area contributed by atoms with Gasteiger partial charge in [-0.15, -0.1) is 0 Å². The topological polar surface area (TPSA) is 112 Å². The van der Waals surface area contributed by atoms with E-state index in [1.165, 1.54) is 25.1 Å². The second kappa shape index (κ2) is 8.05. The minimum Gasteiger partial charge on any atom is -0.496 e. The molecular weight excluding hydrogens is 376 g/mol. The standard InChI is InChI=1S/C19H22N6O4/c1-11-12(9-20-24(11)2)22-19(27)17-13(10-21-25(17)3)23-18(26)16-14(28-4)7-6-8-15(16)29-5/h6-10H,1-5H3,(H,22,27)(H,23,26). The number of nitrogens with zero attached hydrogens (tertiary/aromatic N) is 4. The number of benzene rings is 1. The molecule has 2 aromatic heterocycles. The molecule has 0 aliphatic heterocycles. The van der Waals surface area contributed by atoms with E-state index in [9.17, 15) is 9.59 Å². The number of anilines is 2. The summed E-state index contributed by atoms with van der Waals surface area (Å²) >= 11 is 0. The van der Waals surface area contributed by atoms with Crippen LogP contribution >= 0.6 is 0 Å². The van der Waals surface area contributed by atoms with Gasteiger partial charge in [0.05, 0.1) is 43.7 Å². The van der Waals surface area contributed by atoms with Crippen molar-refractivity contribution < 1.29 is 19.1 Å². The van der Waals surface area contributed by atoms with Crippen LogP contribution in [0.1, 0.15) is 26.5 Å². The summed E-state index contributed by atoms with van der Waals surface area (Å²) in [7, 11) is 6.32. The molecule has 3 aromatic rings. The molecule has 0 bridgehead atoms. The largest absolute Gasteiger partial charge is 0.496 e. The number of hydrogen-bond donors (Lipinski definition) is 2. The predicted octanol–water partition coefficient (Wildman–Crippen LogP) is 1.98. The molecule has 2 heterocycles. The van der Waals surface area contributed by atoms with Gasteiger partial charge in [-0.3, -0.25) is 19.0 Å². The van der Waals surface area contributed by atoms with Crippen molar-refractivity contribution in [1.82, 2.24) is 19.6 Å². The van der Waals surface area contributed by atoms with Crippen LogP contribution in [0.2, 0.25) is 0 Å². The third-order valence-electron chi connectivity index (χ3n) is 4.54. The zero-order valence-electron chi connectivity index (χ0n) is 16.8. The number of aromatic nitrogens is 4. The summed E-state index contributed by atoms with van der Waals surface area (Å²) in [5.41, 5.74) is 2.03. The van der Waals surface area contributed by atoms with Crippen LogP contribution < -0.4 is 20.1 Å². The van der Waals surface area contributed by atoms with E-state index in [-0.39, 0.29) is 16.9 Å². The molecule has 10 nitrogen and oxygen atoms in total. The van der Waals surface area contributed by atoms with Crippen LogP contribution in [-0.4, -0.2) is 45.6 Å². The van der Waals surface area contributed by atoms with Gasteiger partial charge in [-0.05, 0) is 19.1 Å². The Balaban J connectivity index is 1.90. The van der Waals surface area contributed by atoms with Crippen LogP contribution in [0.15, 0.2) is 30.6 Å². The van der Waals surface area contributed by atoms with Crippen LogP contribution in [0, 0.1) is 6.92 Å². The Morgan fingerprint density at radius 2 is 1.45 bits per heavy atom. The first-order valence-electron chi connectivity index (χ1n) is 8.71. The van der Waals surface area contributed by atoms with Gasteiger partial charge in [0.1, 0.15) is 22.8 Å². The number of ether oxygens (including phenoxy) is 2. The van der Waals surface area contributed by atoms with E-state index < -0.39 is 11.8 Å². The van der Waals surface area contributed by atoms with Crippen molar-refractivity contribution >= 4 is 23.2 Å². The average Bonchev–Trinajstić information content (AvgIpc) is 3.23. The van der Waals surface area contributed by atoms with Gasteiger partial charge >= 0.3 is 0 Å². The lowest BCUT2D eigenvalue weighted by molar-refractivity contribution is 0.101. The van der Waals surface area contributed by atoms with Crippen LogP contribution in [-0.2, 0) is 14.1 Å². The number of rotatable bonds is 6. The van der Waals surface area contributed by atoms with Crippen molar-refractivity contribution in [3.05, 3.63) is 47.5 Å². The highest BCUT2D eigenvalue weighted by molar-refractivity contribution is 6.13. The van der Waals surface area contributed by atoms with Gasteiger partial charge in [-0.1, -0.05) is 6.07 Å². The van der Waals surface area contributed by atoms with Gasteiger partial charge in [-0.2, -0.15) is 10.2 Å².